The zero-order valence-electron chi connectivity index (χ0n) is 12.1. The smallest absolute Gasteiger partial charge is 0.138 e. The van der Waals surface area contributed by atoms with Gasteiger partial charge in [-0.1, -0.05) is 42.3 Å². The first-order valence-corrected chi connectivity index (χ1v) is 7.67. The average molecular weight is 325 g/mol. The quantitative estimate of drug-likeness (QED) is 0.673. The molecule has 1 atom stereocenters. The maximum Gasteiger partial charge on any atom is 0.138 e. The van der Waals surface area contributed by atoms with Crippen molar-refractivity contribution in [3.63, 3.8) is 0 Å². The SMILES string of the molecule is CCC(C)Oc1ccc(OCc2ccc(Cl)cc2)c(Cl)c1. The van der Waals surface area contributed by atoms with Crippen LogP contribution in [0.3, 0.4) is 0 Å². The van der Waals surface area contributed by atoms with E-state index in [2.05, 4.69) is 6.92 Å². The maximum absolute atomic E-state index is 6.22. The van der Waals surface area contributed by atoms with Crippen LogP contribution < -0.4 is 9.47 Å². The van der Waals surface area contributed by atoms with Crippen molar-refractivity contribution in [2.24, 2.45) is 0 Å². The van der Waals surface area contributed by atoms with E-state index in [-0.39, 0.29) is 6.10 Å². The van der Waals surface area contributed by atoms with Gasteiger partial charge < -0.3 is 9.47 Å². The molecule has 2 aromatic rings. The Kier molecular flexibility index (Phi) is 5.77. The topological polar surface area (TPSA) is 18.5 Å². The lowest BCUT2D eigenvalue weighted by Crippen LogP contribution is -2.09. The van der Waals surface area contributed by atoms with Gasteiger partial charge >= 0.3 is 0 Å². The van der Waals surface area contributed by atoms with Crippen molar-refractivity contribution in [3.05, 3.63) is 58.1 Å². The van der Waals surface area contributed by atoms with Gasteiger partial charge in [-0.25, -0.2) is 0 Å². The molecule has 0 heterocycles. The number of ether oxygens (including phenoxy) is 2. The van der Waals surface area contributed by atoms with Crippen molar-refractivity contribution < 1.29 is 9.47 Å². The Labute approximate surface area is 135 Å². The number of hydrogen-bond acceptors (Lipinski definition) is 2. The molecule has 0 spiro atoms. The fourth-order valence-electron chi connectivity index (χ4n) is 1.73. The third-order valence-electron chi connectivity index (χ3n) is 3.12. The third kappa shape index (κ3) is 4.83. The first kappa shape index (κ1) is 16.0. The van der Waals surface area contributed by atoms with Crippen molar-refractivity contribution in [3.8, 4) is 11.5 Å². The van der Waals surface area contributed by atoms with Crippen molar-refractivity contribution >= 4 is 23.2 Å². The number of benzene rings is 2. The molecule has 21 heavy (non-hydrogen) atoms. The molecule has 2 rings (SSSR count). The van der Waals surface area contributed by atoms with Crippen molar-refractivity contribution in [2.75, 3.05) is 0 Å². The van der Waals surface area contributed by atoms with Crippen LogP contribution in [0.2, 0.25) is 10.0 Å². The summed E-state index contributed by atoms with van der Waals surface area (Å²) in [5.74, 6) is 1.40. The first-order chi connectivity index (χ1) is 10.1. The Balaban J connectivity index is 1.99. The van der Waals surface area contributed by atoms with Crippen LogP contribution in [0.15, 0.2) is 42.5 Å². The summed E-state index contributed by atoms with van der Waals surface area (Å²) >= 11 is 12.1. The molecule has 0 aromatic heterocycles. The van der Waals surface area contributed by atoms with Crippen LogP contribution in [0, 0.1) is 0 Å². The highest BCUT2D eigenvalue weighted by Crippen LogP contribution is 2.30. The lowest BCUT2D eigenvalue weighted by atomic mass is 10.2. The van der Waals surface area contributed by atoms with E-state index in [0.717, 1.165) is 17.7 Å². The monoisotopic (exact) mass is 324 g/mol. The fourth-order valence-corrected chi connectivity index (χ4v) is 2.08. The third-order valence-corrected chi connectivity index (χ3v) is 3.67. The summed E-state index contributed by atoms with van der Waals surface area (Å²) in [7, 11) is 0. The molecule has 0 aliphatic heterocycles. The Bertz CT molecular complexity index is 582. The largest absolute Gasteiger partial charge is 0.491 e. The second-order valence-corrected chi connectivity index (χ2v) is 5.69. The number of hydrogen-bond donors (Lipinski definition) is 0. The molecule has 4 heteroatoms. The highest BCUT2D eigenvalue weighted by molar-refractivity contribution is 6.32. The minimum atomic E-state index is 0.168. The van der Waals surface area contributed by atoms with E-state index in [1.54, 1.807) is 6.07 Å². The predicted octanol–water partition coefficient (Wildman–Crippen LogP) is 5.75. The van der Waals surface area contributed by atoms with Crippen LogP contribution in [0.4, 0.5) is 0 Å². The Hall–Kier alpha value is -1.38. The van der Waals surface area contributed by atoms with E-state index in [1.807, 2.05) is 43.3 Å². The first-order valence-electron chi connectivity index (χ1n) is 6.92. The normalized spacial score (nSPS) is 12.0. The van der Waals surface area contributed by atoms with Crippen molar-refractivity contribution in [1.29, 1.82) is 0 Å². The molecule has 0 saturated heterocycles. The fraction of sp³-hybridized carbons (Fsp3) is 0.294. The van der Waals surface area contributed by atoms with Gasteiger partial charge in [0.05, 0.1) is 11.1 Å². The summed E-state index contributed by atoms with van der Waals surface area (Å²) in [6, 6.07) is 13.0. The molecule has 0 N–H and O–H groups in total. The van der Waals surface area contributed by atoms with E-state index < -0.39 is 0 Å². The van der Waals surface area contributed by atoms with E-state index in [4.69, 9.17) is 32.7 Å². The second-order valence-electron chi connectivity index (χ2n) is 4.84. The summed E-state index contributed by atoms with van der Waals surface area (Å²) in [6.07, 6.45) is 1.12. The highest BCUT2D eigenvalue weighted by atomic mass is 35.5. The highest BCUT2D eigenvalue weighted by Gasteiger charge is 2.07. The summed E-state index contributed by atoms with van der Waals surface area (Å²) in [5, 5.41) is 1.26. The van der Waals surface area contributed by atoms with E-state index in [0.29, 0.717) is 22.4 Å². The van der Waals surface area contributed by atoms with Gasteiger partial charge in [0.1, 0.15) is 18.1 Å². The van der Waals surface area contributed by atoms with Gasteiger partial charge in [-0.2, -0.15) is 0 Å². The molecule has 0 bridgehead atoms. The summed E-state index contributed by atoms with van der Waals surface area (Å²) in [5.41, 5.74) is 1.04. The Morgan fingerprint density at radius 2 is 1.76 bits per heavy atom. The molecule has 0 fully saturated rings. The molecule has 0 radical (unpaired) electrons. The van der Waals surface area contributed by atoms with Crippen molar-refractivity contribution in [2.45, 2.75) is 33.0 Å². The van der Waals surface area contributed by atoms with Gasteiger partial charge in [0.2, 0.25) is 0 Å². The van der Waals surface area contributed by atoms with Gasteiger partial charge in [-0.3, -0.25) is 0 Å². The van der Waals surface area contributed by atoms with Crippen LogP contribution in [0.25, 0.3) is 0 Å². The molecule has 1 unspecified atom stereocenters. The zero-order chi connectivity index (χ0) is 15.2. The number of halogens is 2. The summed E-state index contributed by atoms with van der Waals surface area (Å²) in [6.45, 7) is 4.55. The molecule has 2 nitrogen and oxygen atoms in total. The molecular weight excluding hydrogens is 307 g/mol. The molecule has 0 aliphatic carbocycles. The van der Waals surface area contributed by atoms with Crippen LogP contribution in [0.1, 0.15) is 25.8 Å². The van der Waals surface area contributed by atoms with Crippen LogP contribution in [-0.4, -0.2) is 6.10 Å². The second kappa shape index (κ2) is 7.58. The molecule has 112 valence electrons. The zero-order valence-corrected chi connectivity index (χ0v) is 13.6. The summed E-state index contributed by atoms with van der Waals surface area (Å²) < 4.78 is 11.4. The van der Waals surface area contributed by atoms with Gasteiger partial charge in [0.15, 0.2) is 0 Å². The average Bonchev–Trinajstić information content (AvgIpc) is 2.48. The molecule has 0 amide bonds. The van der Waals surface area contributed by atoms with Gasteiger partial charge in [-0.15, -0.1) is 0 Å². The molecule has 2 aromatic carbocycles. The lowest BCUT2D eigenvalue weighted by Gasteiger charge is -2.14. The predicted molar refractivity (Wildman–Crippen MR) is 87.6 cm³/mol. The van der Waals surface area contributed by atoms with Gasteiger partial charge in [0, 0.05) is 11.1 Å². The van der Waals surface area contributed by atoms with E-state index in [9.17, 15) is 0 Å². The number of rotatable bonds is 6. The lowest BCUT2D eigenvalue weighted by molar-refractivity contribution is 0.217. The van der Waals surface area contributed by atoms with Crippen LogP contribution in [-0.2, 0) is 6.61 Å². The van der Waals surface area contributed by atoms with Crippen molar-refractivity contribution in [1.82, 2.24) is 0 Å². The summed E-state index contributed by atoms with van der Waals surface area (Å²) in [4.78, 5) is 0. The van der Waals surface area contributed by atoms with Gasteiger partial charge in [-0.05, 0) is 43.2 Å². The minimum Gasteiger partial charge on any atom is -0.491 e. The minimum absolute atomic E-state index is 0.168. The van der Waals surface area contributed by atoms with Crippen LogP contribution in [0.5, 0.6) is 11.5 Å². The van der Waals surface area contributed by atoms with Crippen LogP contribution >= 0.6 is 23.2 Å². The maximum atomic E-state index is 6.22. The van der Waals surface area contributed by atoms with E-state index in [1.165, 1.54) is 0 Å². The molecule has 0 saturated carbocycles. The standard InChI is InChI=1S/C17H18Cl2O2/c1-3-12(2)21-15-8-9-17(16(19)10-15)20-11-13-4-6-14(18)7-5-13/h4-10,12H,3,11H2,1-2H3. The van der Waals surface area contributed by atoms with E-state index >= 15 is 0 Å². The Morgan fingerprint density at radius 1 is 1.05 bits per heavy atom. The molecular formula is C17H18Cl2O2. The molecule has 0 aliphatic rings. The Morgan fingerprint density at radius 3 is 2.38 bits per heavy atom. The van der Waals surface area contributed by atoms with Gasteiger partial charge in [0.25, 0.3) is 0 Å².